The molecule has 1 saturated heterocycles. The Morgan fingerprint density at radius 1 is 1.21 bits per heavy atom. The number of nitrogens with one attached hydrogen (secondary N) is 3. The number of piperidine rings is 1. The highest BCUT2D eigenvalue weighted by Crippen LogP contribution is 2.77. The van der Waals surface area contributed by atoms with Gasteiger partial charge in [-0.25, -0.2) is 4.99 Å². The molecule has 3 bridgehead atoms. The predicted molar refractivity (Wildman–Crippen MR) is 146 cm³/mol. The summed E-state index contributed by atoms with van der Waals surface area (Å²) in [5.41, 5.74) is 5.47. The van der Waals surface area contributed by atoms with Crippen molar-refractivity contribution in [2.24, 2.45) is 39.3 Å². The zero-order chi connectivity index (χ0) is 27.8. The summed E-state index contributed by atoms with van der Waals surface area (Å²) in [5.74, 6) is 0.271. The number of aliphatic hydroxyl groups excluding tert-OH is 1. The van der Waals surface area contributed by atoms with Crippen LogP contribution in [0.25, 0.3) is 0 Å². The van der Waals surface area contributed by atoms with E-state index in [1.807, 2.05) is 7.05 Å². The number of nitrogens with two attached hydrogens (primary N) is 1. The van der Waals surface area contributed by atoms with Crippen LogP contribution in [0.15, 0.2) is 16.1 Å². The van der Waals surface area contributed by atoms with E-state index in [0.29, 0.717) is 50.1 Å². The Labute approximate surface area is 232 Å². The van der Waals surface area contributed by atoms with E-state index in [-0.39, 0.29) is 23.5 Å². The number of aliphatic imine (C=N–C) groups is 1. The van der Waals surface area contributed by atoms with Gasteiger partial charge in [-0.1, -0.05) is 18.4 Å². The largest absolute Gasteiger partial charge is 0.545 e. The molecule has 4 aliphatic carbocycles. The number of likely N-dealkylation sites (N-methyl/N-ethyl adjacent to an activating group) is 1. The van der Waals surface area contributed by atoms with Gasteiger partial charge in [-0.3, -0.25) is 4.90 Å². The monoisotopic (exact) mass is 547 g/mol. The highest BCUT2D eigenvalue weighted by Gasteiger charge is 2.77. The average molecular weight is 548 g/mol. The van der Waals surface area contributed by atoms with Crippen molar-refractivity contribution in [3.05, 3.63) is 11.1 Å². The van der Waals surface area contributed by atoms with Crippen molar-refractivity contribution in [1.82, 2.24) is 10.6 Å². The van der Waals surface area contributed by atoms with Gasteiger partial charge in [0, 0.05) is 43.0 Å². The van der Waals surface area contributed by atoms with Crippen molar-refractivity contribution < 1.29 is 29.8 Å². The summed E-state index contributed by atoms with van der Waals surface area (Å²) in [6.45, 7) is 4.39. The predicted octanol–water partition coefficient (Wildman–Crippen LogP) is -1.82. The number of quaternary nitrogens is 1. The number of guanidine groups is 1. The molecule has 0 aromatic carbocycles. The lowest BCUT2D eigenvalue weighted by Gasteiger charge is -2.61. The summed E-state index contributed by atoms with van der Waals surface area (Å²) >= 11 is 0. The smallest absolute Gasteiger partial charge is 0.293 e. The van der Waals surface area contributed by atoms with E-state index >= 15 is 0 Å². The highest BCUT2D eigenvalue weighted by molar-refractivity contribution is 5.90. The van der Waals surface area contributed by atoms with Crippen LogP contribution >= 0.6 is 0 Å². The number of rotatable bonds is 9. The van der Waals surface area contributed by atoms with Gasteiger partial charge in [-0.15, -0.1) is 0 Å². The molecule has 5 aliphatic rings. The molecule has 0 aromatic heterocycles. The molecule has 0 amide bonds. The second kappa shape index (κ2) is 11.4. The molecular weight excluding hydrogens is 498 g/mol. The Hall–Kier alpha value is -1.56. The fraction of sp³-hybridized carbons (Fsp3) is 0.862. The number of carbonyl (C=O) groups excluding carboxylic acids is 1. The summed E-state index contributed by atoms with van der Waals surface area (Å²) < 4.78 is 5.87. The van der Waals surface area contributed by atoms with Gasteiger partial charge in [0.05, 0.1) is 38.3 Å². The molecule has 1 unspecified atom stereocenters. The molecule has 3 saturated carbocycles. The summed E-state index contributed by atoms with van der Waals surface area (Å²) in [7, 11) is 3.50. The maximum Gasteiger partial charge on any atom is 0.293 e. The standard InChI is InChI=1S/C29H49N5O5/c1-31-10-11-33-26(30)34-13-9-21(16-32-12-14-35)28(18-34)20-8-7-19-5-3-4-6-23(39-2)29(38)17-27(19,28)22(15-20)24(29)25(36)37/h19-21,23,31-32,35,38H,3-18H2,1-2H3,(H2,30,33)(H,36,37)/t19-,20-,21-,23+,27+,28-,29-/m1/s1. The molecule has 10 heteroatoms. The molecule has 2 spiro atoms. The second-order valence-electron chi connectivity index (χ2n) is 12.8. The topological polar surface area (TPSA) is 157 Å². The molecule has 8 atom stereocenters. The summed E-state index contributed by atoms with van der Waals surface area (Å²) in [6, 6.07) is 0. The molecule has 5 rings (SSSR count). The van der Waals surface area contributed by atoms with Crippen LogP contribution in [0.1, 0.15) is 57.8 Å². The number of hydrogen-bond donors (Lipinski definition) is 6. The number of carboxylic acid groups (broad SMARTS) is 1. The van der Waals surface area contributed by atoms with Gasteiger partial charge in [0.15, 0.2) is 0 Å². The molecule has 1 aliphatic heterocycles. The first-order valence-corrected chi connectivity index (χ1v) is 15.1. The fourth-order valence-electron chi connectivity index (χ4n) is 10.1. The van der Waals surface area contributed by atoms with Crippen LogP contribution in [0.3, 0.4) is 0 Å². The van der Waals surface area contributed by atoms with Gasteiger partial charge >= 0.3 is 0 Å². The first kappa shape index (κ1) is 29.0. The highest BCUT2D eigenvalue weighted by atomic mass is 16.5. The van der Waals surface area contributed by atoms with Crippen molar-refractivity contribution in [2.75, 3.05) is 60.0 Å². The first-order valence-electron chi connectivity index (χ1n) is 15.1. The van der Waals surface area contributed by atoms with E-state index in [1.54, 1.807) is 7.11 Å². The Morgan fingerprint density at radius 3 is 2.69 bits per heavy atom. The number of ether oxygens (including phenoxy) is 1. The molecule has 1 heterocycles. The van der Waals surface area contributed by atoms with E-state index in [2.05, 4.69) is 10.6 Å². The minimum atomic E-state index is -1.56. The van der Waals surface area contributed by atoms with Crippen molar-refractivity contribution in [3.8, 4) is 0 Å². The summed E-state index contributed by atoms with van der Waals surface area (Å²) in [4.78, 5) is 18.8. The van der Waals surface area contributed by atoms with E-state index in [0.717, 1.165) is 70.3 Å². The number of allylic oxidation sites excluding steroid dienone is 1. The number of likely N-dealkylation sites (tertiary alicyclic amines) is 1. The minimum Gasteiger partial charge on any atom is -0.545 e. The quantitative estimate of drug-likeness (QED) is 0.112. The Kier molecular flexibility index (Phi) is 8.44. The number of fused-ring (bicyclic) bond motifs is 1. The number of hydrogen-bond acceptors (Lipinski definition) is 8. The number of methoxy groups -OCH3 is 1. The third-order valence-corrected chi connectivity index (χ3v) is 11.4. The Balaban J connectivity index is 1.67. The maximum atomic E-state index is 12.9. The lowest BCUT2D eigenvalue weighted by molar-refractivity contribution is -0.828. The van der Waals surface area contributed by atoms with E-state index in [1.165, 1.54) is 4.90 Å². The molecule has 0 aromatic rings. The zero-order valence-electron chi connectivity index (χ0n) is 23.8. The lowest BCUT2D eigenvalue weighted by atomic mass is 9.44. The molecule has 220 valence electrons. The SMILES string of the molecule is CNCCN=C(N)[NH+]1CC[C@H](CNCCO)[C@@]2(C1)[C@@H]1CC[C@H]3CCCC[C@H](OC)[C@]4(O)C[C@@]32C(=C4C(=O)[O-])C1. The van der Waals surface area contributed by atoms with E-state index < -0.39 is 23.1 Å². The van der Waals surface area contributed by atoms with Gasteiger partial charge in [0.2, 0.25) is 0 Å². The lowest BCUT2D eigenvalue weighted by Crippen LogP contribution is -3.19. The van der Waals surface area contributed by atoms with Crippen molar-refractivity contribution >= 4 is 11.9 Å². The van der Waals surface area contributed by atoms with Gasteiger partial charge in [-0.05, 0) is 69.9 Å². The number of nitrogens with zero attached hydrogens (tertiary/aromatic N) is 1. The van der Waals surface area contributed by atoms with Crippen molar-refractivity contribution in [2.45, 2.75) is 69.5 Å². The Morgan fingerprint density at radius 2 is 1.97 bits per heavy atom. The second-order valence-corrected chi connectivity index (χ2v) is 12.8. The zero-order valence-corrected chi connectivity index (χ0v) is 23.8. The molecule has 39 heavy (non-hydrogen) atoms. The van der Waals surface area contributed by atoms with Crippen LogP contribution < -0.4 is 26.4 Å². The van der Waals surface area contributed by atoms with Crippen LogP contribution in [0.5, 0.6) is 0 Å². The minimum absolute atomic E-state index is 0.0780. The van der Waals surface area contributed by atoms with Crippen LogP contribution in [0, 0.1) is 28.6 Å². The molecule has 10 nitrogen and oxygen atoms in total. The Bertz CT molecular complexity index is 989. The van der Waals surface area contributed by atoms with E-state index in [4.69, 9.17) is 15.5 Å². The normalized spacial score (nSPS) is 41.9. The summed E-state index contributed by atoms with van der Waals surface area (Å²) in [5, 5.41) is 41.4. The maximum absolute atomic E-state index is 12.9. The van der Waals surface area contributed by atoms with Crippen LogP contribution in [0.2, 0.25) is 0 Å². The van der Waals surface area contributed by atoms with Crippen LogP contribution in [-0.2, 0) is 9.53 Å². The third-order valence-electron chi connectivity index (χ3n) is 11.4. The first-order chi connectivity index (χ1) is 18.8. The van der Waals surface area contributed by atoms with Gasteiger partial charge in [0.1, 0.15) is 5.60 Å². The third kappa shape index (κ3) is 4.37. The van der Waals surface area contributed by atoms with Crippen LogP contribution in [0.4, 0.5) is 0 Å². The fourth-order valence-corrected chi connectivity index (χ4v) is 10.1. The molecule has 4 fully saturated rings. The molecule has 0 radical (unpaired) electrons. The molecule has 7 N–H and O–H groups in total. The molecular formula is C29H49N5O5. The average Bonchev–Trinajstić information content (AvgIpc) is 3.27. The van der Waals surface area contributed by atoms with Gasteiger partial charge in [0.25, 0.3) is 5.96 Å². The van der Waals surface area contributed by atoms with Crippen LogP contribution in [-0.4, -0.2) is 93.9 Å². The van der Waals surface area contributed by atoms with Crippen molar-refractivity contribution in [3.63, 3.8) is 0 Å². The number of carbonyl (C=O) groups is 1. The number of carboxylic acids is 1. The van der Waals surface area contributed by atoms with E-state index in [9.17, 15) is 20.1 Å². The summed E-state index contributed by atoms with van der Waals surface area (Å²) in [6.07, 6.45) is 7.19. The van der Waals surface area contributed by atoms with Crippen molar-refractivity contribution in [1.29, 1.82) is 0 Å². The number of aliphatic carboxylic acids is 1. The van der Waals surface area contributed by atoms with Gasteiger partial charge in [-0.2, -0.15) is 0 Å². The van der Waals surface area contributed by atoms with Gasteiger partial charge < -0.3 is 41.2 Å². The number of aliphatic hydroxyl groups is 2.